The molecule has 6 nitrogen and oxygen atoms in total. The molecule has 0 saturated heterocycles. The third kappa shape index (κ3) is 2.35. The van der Waals surface area contributed by atoms with Crippen LogP contribution in [-0.4, -0.2) is 15.0 Å². The lowest BCUT2D eigenvalue weighted by molar-refractivity contribution is 0.466. The Hall–Kier alpha value is -2.41. The standard InChI is InChI=1S/C13H9BrN4O2/c14-7-4-5-16-10(6-7)20-9-3-1-2-8-11(9)18-12(15)13(19)17-8/h1-6H,(H2,15,18)(H,17,19). The number of halogens is 1. The molecule has 0 saturated carbocycles. The second kappa shape index (κ2) is 4.93. The average molecular weight is 333 g/mol. The van der Waals surface area contributed by atoms with E-state index in [1.807, 2.05) is 0 Å². The first kappa shape index (κ1) is 12.6. The van der Waals surface area contributed by atoms with Crippen LogP contribution >= 0.6 is 15.9 Å². The van der Waals surface area contributed by atoms with Crippen LogP contribution in [0.3, 0.4) is 0 Å². The normalized spacial score (nSPS) is 10.7. The number of H-pyrrole nitrogens is 1. The van der Waals surface area contributed by atoms with Gasteiger partial charge in [0.1, 0.15) is 5.52 Å². The van der Waals surface area contributed by atoms with Gasteiger partial charge in [0, 0.05) is 16.7 Å². The lowest BCUT2D eigenvalue weighted by Gasteiger charge is -2.07. The van der Waals surface area contributed by atoms with E-state index in [1.54, 1.807) is 36.5 Å². The van der Waals surface area contributed by atoms with Gasteiger partial charge in [0.2, 0.25) is 5.88 Å². The fraction of sp³-hybridized carbons (Fsp3) is 0. The van der Waals surface area contributed by atoms with Crippen molar-refractivity contribution in [3.05, 3.63) is 51.4 Å². The van der Waals surface area contributed by atoms with Gasteiger partial charge in [0.15, 0.2) is 11.6 Å². The highest BCUT2D eigenvalue weighted by atomic mass is 79.9. The van der Waals surface area contributed by atoms with Gasteiger partial charge in [-0.2, -0.15) is 0 Å². The van der Waals surface area contributed by atoms with E-state index in [0.29, 0.717) is 22.7 Å². The summed E-state index contributed by atoms with van der Waals surface area (Å²) in [5.41, 5.74) is 6.15. The molecule has 1 aromatic carbocycles. The van der Waals surface area contributed by atoms with Crippen LogP contribution < -0.4 is 16.0 Å². The number of para-hydroxylation sites is 1. The highest BCUT2D eigenvalue weighted by Gasteiger charge is 2.08. The van der Waals surface area contributed by atoms with Crippen molar-refractivity contribution in [2.75, 3.05) is 5.73 Å². The number of hydrogen-bond donors (Lipinski definition) is 2. The van der Waals surface area contributed by atoms with Crippen LogP contribution in [0, 0.1) is 0 Å². The molecule has 0 bridgehead atoms. The molecule has 2 heterocycles. The summed E-state index contributed by atoms with van der Waals surface area (Å²) in [5.74, 6) is 0.783. The van der Waals surface area contributed by atoms with Gasteiger partial charge in [-0.25, -0.2) is 9.97 Å². The van der Waals surface area contributed by atoms with Crippen molar-refractivity contribution in [2.24, 2.45) is 0 Å². The zero-order valence-electron chi connectivity index (χ0n) is 10.1. The number of fused-ring (bicyclic) bond motifs is 1. The van der Waals surface area contributed by atoms with E-state index in [-0.39, 0.29) is 5.82 Å². The molecular formula is C13H9BrN4O2. The number of nitrogens with two attached hydrogens (primary N) is 1. The first-order chi connectivity index (χ1) is 9.63. The number of pyridine rings is 1. The molecular weight excluding hydrogens is 324 g/mol. The minimum absolute atomic E-state index is 0.101. The van der Waals surface area contributed by atoms with Gasteiger partial charge >= 0.3 is 0 Å². The van der Waals surface area contributed by atoms with E-state index >= 15 is 0 Å². The molecule has 0 unspecified atom stereocenters. The summed E-state index contributed by atoms with van der Waals surface area (Å²) in [6, 6.07) is 8.74. The van der Waals surface area contributed by atoms with Crippen LogP contribution in [0.2, 0.25) is 0 Å². The molecule has 100 valence electrons. The maximum atomic E-state index is 11.4. The van der Waals surface area contributed by atoms with Crippen molar-refractivity contribution in [1.82, 2.24) is 15.0 Å². The summed E-state index contributed by atoms with van der Waals surface area (Å²) < 4.78 is 6.54. The quantitative estimate of drug-likeness (QED) is 0.751. The maximum Gasteiger partial charge on any atom is 0.290 e. The molecule has 0 spiro atoms. The number of anilines is 1. The number of benzene rings is 1. The van der Waals surface area contributed by atoms with Gasteiger partial charge in [-0.1, -0.05) is 22.0 Å². The van der Waals surface area contributed by atoms with Crippen LogP contribution in [0.25, 0.3) is 11.0 Å². The Bertz CT molecular complexity index is 847. The number of aromatic nitrogens is 3. The molecule has 0 atom stereocenters. The van der Waals surface area contributed by atoms with Crippen molar-refractivity contribution in [3.63, 3.8) is 0 Å². The maximum absolute atomic E-state index is 11.4. The molecule has 0 aliphatic carbocycles. The Morgan fingerprint density at radius 1 is 1.30 bits per heavy atom. The van der Waals surface area contributed by atoms with Gasteiger partial charge in [-0.3, -0.25) is 4.79 Å². The van der Waals surface area contributed by atoms with Crippen molar-refractivity contribution in [2.45, 2.75) is 0 Å². The van der Waals surface area contributed by atoms with Crippen LogP contribution in [0.4, 0.5) is 5.82 Å². The number of nitrogen functional groups attached to an aromatic ring is 1. The zero-order valence-corrected chi connectivity index (χ0v) is 11.7. The summed E-state index contributed by atoms with van der Waals surface area (Å²) in [7, 11) is 0. The molecule has 7 heteroatoms. The number of nitrogens with one attached hydrogen (secondary N) is 1. The fourth-order valence-corrected chi connectivity index (χ4v) is 2.05. The predicted octanol–water partition coefficient (Wildman–Crippen LogP) is 2.46. The van der Waals surface area contributed by atoms with E-state index in [9.17, 15) is 4.79 Å². The molecule has 0 aliphatic heterocycles. The SMILES string of the molecule is Nc1nc2c(Oc3cc(Br)ccn3)cccc2[nH]c1=O. The summed E-state index contributed by atoms with van der Waals surface area (Å²) in [6.45, 7) is 0. The topological polar surface area (TPSA) is 93.9 Å². The smallest absolute Gasteiger partial charge is 0.290 e. The van der Waals surface area contributed by atoms with Crippen molar-refractivity contribution in [1.29, 1.82) is 0 Å². The monoisotopic (exact) mass is 332 g/mol. The molecule has 20 heavy (non-hydrogen) atoms. The van der Waals surface area contributed by atoms with Crippen molar-refractivity contribution >= 4 is 32.8 Å². The number of nitrogens with zero attached hydrogens (tertiary/aromatic N) is 2. The Labute approximate surface area is 121 Å². The number of rotatable bonds is 2. The molecule has 0 aliphatic rings. The van der Waals surface area contributed by atoms with Crippen LogP contribution in [0.5, 0.6) is 11.6 Å². The number of aromatic amines is 1. The zero-order chi connectivity index (χ0) is 14.1. The van der Waals surface area contributed by atoms with E-state index in [1.165, 1.54) is 0 Å². The van der Waals surface area contributed by atoms with Crippen LogP contribution in [-0.2, 0) is 0 Å². The first-order valence-electron chi connectivity index (χ1n) is 5.71. The summed E-state index contributed by atoms with van der Waals surface area (Å²) >= 11 is 3.34. The molecule has 2 aromatic heterocycles. The lowest BCUT2D eigenvalue weighted by atomic mass is 10.3. The van der Waals surface area contributed by atoms with E-state index < -0.39 is 5.56 Å². The van der Waals surface area contributed by atoms with E-state index in [2.05, 4.69) is 30.9 Å². The second-order valence-corrected chi connectivity index (χ2v) is 4.93. The minimum atomic E-state index is -0.421. The van der Waals surface area contributed by atoms with Gasteiger partial charge in [-0.05, 0) is 18.2 Å². The molecule has 3 N–H and O–H groups in total. The Kier molecular flexibility index (Phi) is 3.11. The minimum Gasteiger partial charge on any atom is -0.437 e. The van der Waals surface area contributed by atoms with Crippen LogP contribution in [0.1, 0.15) is 0 Å². The third-order valence-electron chi connectivity index (χ3n) is 2.62. The van der Waals surface area contributed by atoms with Crippen molar-refractivity contribution < 1.29 is 4.74 Å². The second-order valence-electron chi connectivity index (χ2n) is 4.02. The van der Waals surface area contributed by atoms with Gasteiger partial charge in [0.05, 0.1) is 5.52 Å². The molecule has 0 fully saturated rings. The highest BCUT2D eigenvalue weighted by molar-refractivity contribution is 9.10. The van der Waals surface area contributed by atoms with Crippen molar-refractivity contribution in [3.8, 4) is 11.6 Å². The van der Waals surface area contributed by atoms with Gasteiger partial charge < -0.3 is 15.5 Å². The van der Waals surface area contributed by atoms with Gasteiger partial charge in [-0.15, -0.1) is 0 Å². The Morgan fingerprint density at radius 2 is 2.15 bits per heavy atom. The first-order valence-corrected chi connectivity index (χ1v) is 6.51. The summed E-state index contributed by atoms with van der Waals surface area (Å²) in [5, 5.41) is 0. The Balaban J connectivity index is 2.12. The largest absolute Gasteiger partial charge is 0.437 e. The highest BCUT2D eigenvalue weighted by Crippen LogP contribution is 2.27. The number of hydrogen-bond acceptors (Lipinski definition) is 5. The van der Waals surface area contributed by atoms with E-state index in [4.69, 9.17) is 10.5 Å². The number of ether oxygens (including phenoxy) is 1. The lowest BCUT2D eigenvalue weighted by Crippen LogP contribution is -2.13. The molecule has 0 radical (unpaired) electrons. The third-order valence-corrected chi connectivity index (χ3v) is 3.12. The van der Waals surface area contributed by atoms with Crippen LogP contribution in [0.15, 0.2) is 45.8 Å². The molecule has 3 rings (SSSR count). The molecule has 0 amide bonds. The van der Waals surface area contributed by atoms with E-state index in [0.717, 1.165) is 4.47 Å². The Morgan fingerprint density at radius 3 is 2.95 bits per heavy atom. The summed E-state index contributed by atoms with van der Waals surface area (Å²) in [4.78, 5) is 22.2. The summed E-state index contributed by atoms with van der Waals surface area (Å²) in [6.07, 6.45) is 1.62. The van der Waals surface area contributed by atoms with Gasteiger partial charge in [0.25, 0.3) is 5.56 Å². The fourth-order valence-electron chi connectivity index (χ4n) is 1.73. The molecule has 3 aromatic rings. The predicted molar refractivity (Wildman–Crippen MR) is 78.8 cm³/mol. The average Bonchev–Trinajstić information content (AvgIpc) is 2.41.